The van der Waals surface area contributed by atoms with E-state index < -0.39 is 0 Å². The fourth-order valence-corrected chi connectivity index (χ4v) is 4.92. The molecule has 1 N–H and O–H groups in total. The molecule has 1 saturated heterocycles. The van der Waals surface area contributed by atoms with Crippen molar-refractivity contribution in [1.82, 2.24) is 14.8 Å². The number of carbonyl (C=O) groups excluding carboxylic acids is 1. The Morgan fingerprint density at radius 3 is 2.70 bits per heavy atom. The van der Waals surface area contributed by atoms with Crippen molar-refractivity contribution < 1.29 is 9.53 Å². The molecule has 1 saturated carbocycles. The molecule has 2 heterocycles. The molecular weight excluding hydrogens is 410 g/mol. The lowest BCUT2D eigenvalue weighted by Crippen LogP contribution is -2.33. The van der Waals surface area contributed by atoms with E-state index in [-0.39, 0.29) is 5.91 Å². The molecule has 5 heteroatoms. The minimum Gasteiger partial charge on any atom is -0.492 e. The summed E-state index contributed by atoms with van der Waals surface area (Å²) in [5.41, 5.74) is 5.36. The zero-order valence-corrected chi connectivity index (χ0v) is 19.9. The number of aryl methyl sites for hydroxylation is 2. The third-order valence-corrected chi connectivity index (χ3v) is 7.18. The van der Waals surface area contributed by atoms with Gasteiger partial charge < -0.3 is 14.6 Å². The molecular formula is C28H35N3O2. The number of amides is 1. The van der Waals surface area contributed by atoms with Gasteiger partial charge in [-0.1, -0.05) is 18.6 Å². The van der Waals surface area contributed by atoms with Crippen LogP contribution in [0.5, 0.6) is 5.75 Å². The third-order valence-electron chi connectivity index (χ3n) is 7.18. The lowest BCUT2D eigenvalue weighted by Gasteiger charge is -2.26. The van der Waals surface area contributed by atoms with Crippen molar-refractivity contribution in [2.75, 3.05) is 26.2 Å². The molecule has 3 aromatic rings. The van der Waals surface area contributed by atoms with Gasteiger partial charge in [0.15, 0.2) is 0 Å². The second kappa shape index (κ2) is 9.60. The first-order valence-electron chi connectivity index (χ1n) is 12.4. The molecule has 2 fully saturated rings. The van der Waals surface area contributed by atoms with Gasteiger partial charge in [0.05, 0.1) is 0 Å². The van der Waals surface area contributed by atoms with Gasteiger partial charge in [-0.2, -0.15) is 0 Å². The molecule has 0 radical (unpaired) electrons. The average molecular weight is 446 g/mol. The number of fused-ring (bicyclic) bond motifs is 1. The van der Waals surface area contributed by atoms with E-state index in [0.29, 0.717) is 19.2 Å². The number of ether oxygens (including phenoxy) is 1. The summed E-state index contributed by atoms with van der Waals surface area (Å²) in [5.74, 6) is 1.02. The van der Waals surface area contributed by atoms with Crippen LogP contribution in [0.1, 0.15) is 59.3 Å². The van der Waals surface area contributed by atoms with E-state index >= 15 is 0 Å². The number of piperidine rings is 1. The monoisotopic (exact) mass is 445 g/mol. The maximum atomic E-state index is 13.5. The summed E-state index contributed by atoms with van der Waals surface area (Å²) < 4.78 is 6.07. The van der Waals surface area contributed by atoms with E-state index in [4.69, 9.17) is 4.74 Å². The van der Waals surface area contributed by atoms with Crippen LogP contribution in [0.25, 0.3) is 10.9 Å². The fraction of sp³-hybridized carbons (Fsp3) is 0.464. The van der Waals surface area contributed by atoms with Gasteiger partial charge in [0.25, 0.3) is 5.91 Å². The molecule has 2 aliphatic rings. The van der Waals surface area contributed by atoms with Gasteiger partial charge in [-0.15, -0.1) is 0 Å². The van der Waals surface area contributed by atoms with Crippen molar-refractivity contribution in [3.8, 4) is 5.75 Å². The molecule has 0 unspecified atom stereocenters. The molecule has 1 amide bonds. The van der Waals surface area contributed by atoms with Crippen LogP contribution in [-0.2, 0) is 6.54 Å². The molecule has 1 aromatic heterocycles. The predicted molar refractivity (Wildman–Crippen MR) is 133 cm³/mol. The van der Waals surface area contributed by atoms with E-state index in [2.05, 4.69) is 35.9 Å². The minimum absolute atomic E-state index is 0.120. The zero-order valence-electron chi connectivity index (χ0n) is 19.9. The summed E-state index contributed by atoms with van der Waals surface area (Å²) in [6, 6.07) is 14.6. The Morgan fingerprint density at radius 1 is 1.09 bits per heavy atom. The van der Waals surface area contributed by atoms with Crippen molar-refractivity contribution >= 4 is 16.8 Å². The van der Waals surface area contributed by atoms with Gasteiger partial charge in [0.1, 0.15) is 12.4 Å². The van der Waals surface area contributed by atoms with Gasteiger partial charge in [-0.25, -0.2) is 0 Å². The summed E-state index contributed by atoms with van der Waals surface area (Å²) in [4.78, 5) is 21.4. The highest BCUT2D eigenvalue weighted by Gasteiger charge is 2.33. The van der Waals surface area contributed by atoms with Crippen LogP contribution in [0, 0.1) is 13.8 Å². The summed E-state index contributed by atoms with van der Waals surface area (Å²) >= 11 is 0. The van der Waals surface area contributed by atoms with E-state index in [9.17, 15) is 4.79 Å². The maximum absolute atomic E-state index is 13.5. The van der Waals surface area contributed by atoms with Gasteiger partial charge in [-0.3, -0.25) is 9.69 Å². The number of carbonyl (C=O) groups is 1. The smallest absolute Gasteiger partial charge is 0.254 e. The first-order chi connectivity index (χ1) is 16.1. The third kappa shape index (κ3) is 5.09. The number of aromatic amines is 1. The molecule has 5 nitrogen and oxygen atoms in total. The molecule has 1 aliphatic carbocycles. The number of hydrogen-bond acceptors (Lipinski definition) is 3. The molecule has 0 spiro atoms. The summed E-state index contributed by atoms with van der Waals surface area (Å²) in [6.07, 6.45) is 6.13. The van der Waals surface area contributed by atoms with E-state index in [0.717, 1.165) is 52.9 Å². The lowest BCUT2D eigenvalue weighted by molar-refractivity contribution is 0.0730. The quantitative estimate of drug-likeness (QED) is 0.501. The van der Waals surface area contributed by atoms with Crippen molar-refractivity contribution in [2.45, 2.75) is 58.5 Å². The number of nitrogens with zero attached hydrogens (tertiary/aromatic N) is 2. The van der Waals surface area contributed by atoms with Crippen LogP contribution in [0.2, 0.25) is 0 Å². The Kier molecular flexibility index (Phi) is 6.41. The molecule has 1 aliphatic heterocycles. The molecule has 5 rings (SSSR count). The van der Waals surface area contributed by atoms with Crippen LogP contribution in [-0.4, -0.2) is 53.0 Å². The fourth-order valence-electron chi connectivity index (χ4n) is 4.92. The van der Waals surface area contributed by atoms with E-state index in [1.54, 1.807) is 0 Å². The molecule has 0 bridgehead atoms. The highest BCUT2D eigenvalue weighted by molar-refractivity contribution is 5.99. The number of nitrogens with one attached hydrogen (secondary N) is 1. The number of likely N-dealkylation sites (tertiary alicyclic amines) is 1. The van der Waals surface area contributed by atoms with Gasteiger partial charge in [-0.05, 0) is 94.1 Å². The number of benzene rings is 2. The normalized spacial score (nSPS) is 16.8. The highest BCUT2D eigenvalue weighted by Crippen LogP contribution is 2.31. The number of rotatable bonds is 8. The zero-order chi connectivity index (χ0) is 22.8. The van der Waals surface area contributed by atoms with Crippen LogP contribution in [0.15, 0.2) is 42.5 Å². The van der Waals surface area contributed by atoms with Crippen LogP contribution in [0.4, 0.5) is 0 Å². The number of hydrogen-bond donors (Lipinski definition) is 1. The predicted octanol–water partition coefficient (Wildman–Crippen LogP) is 5.45. The van der Waals surface area contributed by atoms with Crippen LogP contribution in [0.3, 0.4) is 0 Å². The second-order valence-corrected chi connectivity index (χ2v) is 9.70. The number of H-pyrrole nitrogens is 1. The van der Waals surface area contributed by atoms with Crippen LogP contribution < -0.4 is 4.74 Å². The van der Waals surface area contributed by atoms with Crippen molar-refractivity contribution in [1.29, 1.82) is 0 Å². The van der Waals surface area contributed by atoms with E-state index in [1.807, 2.05) is 35.2 Å². The first kappa shape index (κ1) is 22.0. The van der Waals surface area contributed by atoms with Gasteiger partial charge in [0.2, 0.25) is 0 Å². The number of aromatic nitrogens is 1. The SMILES string of the molecule is Cc1[nH]c2ccc(C(=O)N(Cc3cccc(OCCN4CCCCC4)c3)C3CC3)cc2c1C. The summed E-state index contributed by atoms with van der Waals surface area (Å²) in [5, 5.41) is 1.14. The maximum Gasteiger partial charge on any atom is 0.254 e. The largest absolute Gasteiger partial charge is 0.492 e. The topological polar surface area (TPSA) is 48.6 Å². The molecule has 33 heavy (non-hydrogen) atoms. The Balaban J connectivity index is 1.26. The molecule has 2 aromatic carbocycles. The minimum atomic E-state index is 0.120. The Labute approximate surface area is 196 Å². The Bertz CT molecular complexity index is 1130. The van der Waals surface area contributed by atoms with Gasteiger partial charge in [0, 0.05) is 41.3 Å². The van der Waals surface area contributed by atoms with Crippen molar-refractivity contribution in [3.05, 3.63) is 64.8 Å². The Morgan fingerprint density at radius 2 is 1.91 bits per heavy atom. The average Bonchev–Trinajstić information content (AvgIpc) is 3.64. The van der Waals surface area contributed by atoms with Crippen LogP contribution >= 0.6 is 0 Å². The van der Waals surface area contributed by atoms with E-state index in [1.165, 1.54) is 37.9 Å². The lowest BCUT2D eigenvalue weighted by atomic mass is 10.1. The Hall–Kier alpha value is -2.79. The highest BCUT2D eigenvalue weighted by atomic mass is 16.5. The second-order valence-electron chi connectivity index (χ2n) is 9.70. The standard InChI is InChI=1S/C28H35N3O2/c1-20-21(2)29-27-12-9-23(18-26(20)27)28(32)31(24-10-11-24)19-22-7-6-8-25(17-22)33-16-15-30-13-4-3-5-14-30/h6-9,12,17-18,24,29H,3-5,10-11,13-16,19H2,1-2H3. The molecule has 0 atom stereocenters. The summed E-state index contributed by atoms with van der Waals surface area (Å²) in [7, 11) is 0. The molecule has 174 valence electrons. The van der Waals surface area contributed by atoms with Crippen molar-refractivity contribution in [3.63, 3.8) is 0 Å². The summed E-state index contributed by atoms with van der Waals surface area (Å²) in [6.45, 7) is 8.88. The van der Waals surface area contributed by atoms with Gasteiger partial charge >= 0.3 is 0 Å². The van der Waals surface area contributed by atoms with Crippen molar-refractivity contribution in [2.24, 2.45) is 0 Å². The first-order valence-corrected chi connectivity index (χ1v) is 12.4.